The Balaban J connectivity index is 1.90. The Labute approximate surface area is 122 Å². The summed E-state index contributed by atoms with van der Waals surface area (Å²) in [5.74, 6) is 0.247. The normalized spacial score (nSPS) is 17.5. The van der Waals surface area contributed by atoms with Crippen LogP contribution in [-0.2, 0) is 9.84 Å². The van der Waals surface area contributed by atoms with E-state index in [9.17, 15) is 12.8 Å². The molecule has 4 nitrogen and oxygen atoms in total. The van der Waals surface area contributed by atoms with E-state index < -0.39 is 9.84 Å². The predicted molar refractivity (Wildman–Crippen MR) is 77.8 cm³/mol. The number of nitrogens with one attached hydrogen (secondary N) is 1. The molecule has 1 N–H and O–H groups in total. The zero-order valence-corrected chi connectivity index (χ0v) is 12.2. The first-order chi connectivity index (χ1) is 9.93. The van der Waals surface area contributed by atoms with Crippen LogP contribution in [-0.4, -0.2) is 21.2 Å². The fraction of sp³-hybridized carbons (Fsp3) is 0.200. The quantitative estimate of drug-likeness (QED) is 0.927. The molecule has 0 saturated heterocycles. The van der Waals surface area contributed by atoms with Crippen LogP contribution in [0.3, 0.4) is 0 Å². The van der Waals surface area contributed by atoms with Gasteiger partial charge in [-0.2, -0.15) is 0 Å². The zero-order valence-electron chi connectivity index (χ0n) is 11.3. The summed E-state index contributed by atoms with van der Waals surface area (Å²) in [6, 6.07) is 10.9. The van der Waals surface area contributed by atoms with Gasteiger partial charge >= 0.3 is 0 Å². The molecule has 0 fully saturated rings. The Hall–Kier alpha value is -2.08. The average Bonchev–Trinajstić information content (AvgIpc) is 2.45. The van der Waals surface area contributed by atoms with Crippen molar-refractivity contribution in [2.24, 2.45) is 0 Å². The highest BCUT2D eigenvalue weighted by Crippen LogP contribution is 2.35. The van der Waals surface area contributed by atoms with E-state index in [1.165, 1.54) is 18.2 Å². The van der Waals surface area contributed by atoms with E-state index in [1.54, 1.807) is 24.3 Å². The minimum Gasteiger partial charge on any atom is -0.482 e. The van der Waals surface area contributed by atoms with Crippen molar-refractivity contribution in [3.05, 3.63) is 53.8 Å². The third-order valence-corrected chi connectivity index (χ3v) is 4.46. The molecule has 0 spiro atoms. The van der Waals surface area contributed by atoms with Crippen molar-refractivity contribution in [1.82, 2.24) is 0 Å². The smallest absolute Gasteiger partial charge is 0.175 e. The maximum atomic E-state index is 13.3. The second-order valence-corrected chi connectivity index (χ2v) is 6.99. The molecule has 1 aliphatic rings. The van der Waals surface area contributed by atoms with Crippen LogP contribution in [0, 0.1) is 5.82 Å². The second-order valence-electron chi connectivity index (χ2n) is 4.97. The minimum absolute atomic E-state index is 0.238. The van der Waals surface area contributed by atoms with Gasteiger partial charge < -0.3 is 10.1 Å². The van der Waals surface area contributed by atoms with Gasteiger partial charge in [-0.05, 0) is 35.9 Å². The molecule has 1 unspecified atom stereocenters. The molecule has 1 atom stereocenters. The molecule has 0 aliphatic carbocycles. The number of rotatable bonds is 2. The zero-order chi connectivity index (χ0) is 15.0. The van der Waals surface area contributed by atoms with Crippen LogP contribution in [0.15, 0.2) is 47.4 Å². The van der Waals surface area contributed by atoms with Gasteiger partial charge in [-0.3, -0.25) is 0 Å². The van der Waals surface area contributed by atoms with Gasteiger partial charge in [0.05, 0.1) is 17.1 Å². The molecule has 2 aromatic rings. The van der Waals surface area contributed by atoms with Gasteiger partial charge in [0.2, 0.25) is 0 Å². The molecule has 6 heteroatoms. The summed E-state index contributed by atoms with van der Waals surface area (Å²) in [7, 11) is -3.25. The van der Waals surface area contributed by atoms with Crippen molar-refractivity contribution in [3.63, 3.8) is 0 Å². The van der Waals surface area contributed by atoms with Crippen molar-refractivity contribution in [2.45, 2.75) is 11.0 Å². The van der Waals surface area contributed by atoms with E-state index in [0.717, 1.165) is 11.8 Å². The number of benzene rings is 2. The molecule has 2 aromatic carbocycles. The lowest BCUT2D eigenvalue weighted by Crippen LogP contribution is -2.23. The van der Waals surface area contributed by atoms with Crippen molar-refractivity contribution < 1.29 is 17.5 Å². The topological polar surface area (TPSA) is 55.4 Å². The molecule has 3 rings (SSSR count). The monoisotopic (exact) mass is 307 g/mol. The number of ether oxygens (including phenoxy) is 1. The Kier molecular flexibility index (Phi) is 3.33. The molecule has 21 heavy (non-hydrogen) atoms. The van der Waals surface area contributed by atoms with Crippen molar-refractivity contribution in [2.75, 3.05) is 18.1 Å². The van der Waals surface area contributed by atoms with Crippen molar-refractivity contribution >= 4 is 15.5 Å². The van der Waals surface area contributed by atoms with E-state index in [4.69, 9.17) is 4.74 Å². The highest BCUT2D eigenvalue weighted by atomic mass is 32.2. The van der Waals surface area contributed by atoms with E-state index in [0.29, 0.717) is 18.0 Å². The van der Waals surface area contributed by atoms with E-state index >= 15 is 0 Å². The summed E-state index contributed by atoms with van der Waals surface area (Å²) in [6.07, 6.45) is 0.853. The van der Waals surface area contributed by atoms with Gasteiger partial charge in [0, 0.05) is 6.26 Å². The third kappa shape index (κ3) is 2.85. The second kappa shape index (κ2) is 5.04. The summed E-state index contributed by atoms with van der Waals surface area (Å²) >= 11 is 0. The molecule has 0 aromatic heterocycles. The van der Waals surface area contributed by atoms with Crippen molar-refractivity contribution in [3.8, 4) is 5.75 Å². The standard InChI is InChI=1S/C15H14FNO3S/c1-21(18,19)12-5-6-14-13(8-12)17-9-15(20-14)10-3-2-4-11(16)7-10/h2-8,15,17H,9H2,1H3. The van der Waals surface area contributed by atoms with Crippen molar-refractivity contribution in [1.29, 1.82) is 0 Å². The largest absolute Gasteiger partial charge is 0.482 e. The first kappa shape index (κ1) is 13.9. The Morgan fingerprint density at radius 3 is 2.76 bits per heavy atom. The van der Waals surface area contributed by atoms with Gasteiger partial charge in [-0.25, -0.2) is 12.8 Å². The van der Waals surface area contributed by atoms with Gasteiger partial charge in [-0.1, -0.05) is 12.1 Å². The van der Waals surface area contributed by atoms with Crippen LogP contribution in [0.4, 0.5) is 10.1 Å². The van der Waals surface area contributed by atoms with Crippen LogP contribution < -0.4 is 10.1 Å². The van der Waals surface area contributed by atoms with E-state index in [1.807, 2.05) is 0 Å². The number of hydrogen-bond donors (Lipinski definition) is 1. The lowest BCUT2D eigenvalue weighted by atomic mass is 10.1. The number of anilines is 1. The molecule has 0 saturated carbocycles. The van der Waals surface area contributed by atoms with Gasteiger partial charge in [0.25, 0.3) is 0 Å². The molecule has 0 amide bonds. The lowest BCUT2D eigenvalue weighted by Gasteiger charge is -2.28. The molecule has 0 bridgehead atoms. The summed E-state index contributed by atoms with van der Waals surface area (Å²) in [5, 5.41) is 3.13. The molecule has 1 heterocycles. The van der Waals surface area contributed by atoms with E-state index in [-0.39, 0.29) is 16.8 Å². The molecule has 1 aliphatic heterocycles. The highest BCUT2D eigenvalue weighted by Gasteiger charge is 2.22. The predicted octanol–water partition coefficient (Wildman–Crippen LogP) is 2.77. The van der Waals surface area contributed by atoms with Crippen LogP contribution in [0.1, 0.15) is 11.7 Å². The van der Waals surface area contributed by atoms with Crippen LogP contribution in [0.5, 0.6) is 5.75 Å². The number of hydrogen-bond acceptors (Lipinski definition) is 4. The third-order valence-electron chi connectivity index (χ3n) is 3.35. The van der Waals surface area contributed by atoms with Crippen LogP contribution in [0.25, 0.3) is 0 Å². The summed E-state index contributed by atoms with van der Waals surface area (Å²) in [6.45, 7) is 0.448. The number of sulfone groups is 1. The minimum atomic E-state index is -3.25. The molecular weight excluding hydrogens is 293 g/mol. The van der Waals surface area contributed by atoms with Crippen LogP contribution >= 0.6 is 0 Å². The Morgan fingerprint density at radius 2 is 2.05 bits per heavy atom. The molecular formula is C15H14FNO3S. The fourth-order valence-electron chi connectivity index (χ4n) is 2.27. The SMILES string of the molecule is CS(=O)(=O)c1ccc2c(c1)NCC(c1cccc(F)c1)O2. The average molecular weight is 307 g/mol. The summed E-state index contributed by atoms with van der Waals surface area (Å²) in [4.78, 5) is 0.238. The number of halogens is 1. The van der Waals surface area contributed by atoms with Gasteiger partial charge in [0.15, 0.2) is 9.84 Å². The van der Waals surface area contributed by atoms with E-state index in [2.05, 4.69) is 5.32 Å². The highest BCUT2D eigenvalue weighted by molar-refractivity contribution is 7.90. The summed E-state index contributed by atoms with van der Waals surface area (Å²) < 4.78 is 42.1. The van der Waals surface area contributed by atoms with Gasteiger partial charge in [-0.15, -0.1) is 0 Å². The van der Waals surface area contributed by atoms with Gasteiger partial charge in [0.1, 0.15) is 17.7 Å². The summed E-state index contributed by atoms with van der Waals surface area (Å²) in [5.41, 5.74) is 1.37. The maximum absolute atomic E-state index is 13.3. The number of fused-ring (bicyclic) bond motifs is 1. The van der Waals surface area contributed by atoms with Crippen LogP contribution in [0.2, 0.25) is 0 Å². The Morgan fingerprint density at radius 1 is 1.24 bits per heavy atom. The first-order valence-electron chi connectivity index (χ1n) is 6.43. The molecule has 110 valence electrons. The fourth-order valence-corrected chi connectivity index (χ4v) is 2.92. The lowest BCUT2D eigenvalue weighted by molar-refractivity contribution is 0.210. The first-order valence-corrected chi connectivity index (χ1v) is 8.33. The Bertz CT molecular complexity index is 789. The maximum Gasteiger partial charge on any atom is 0.175 e. The molecule has 0 radical (unpaired) electrons.